The van der Waals surface area contributed by atoms with Gasteiger partial charge >= 0.3 is 0 Å². The van der Waals surface area contributed by atoms with Gasteiger partial charge in [-0.15, -0.1) is 0 Å². The van der Waals surface area contributed by atoms with Crippen LogP contribution in [-0.4, -0.2) is 4.57 Å². The molecule has 0 fully saturated rings. The first kappa shape index (κ1) is 15.5. The van der Waals surface area contributed by atoms with E-state index in [0.29, 0.717) is 0 Å². The number of nitrogens with zero attached hydrogens (tertiary/aromatic N) is 1. The van der Waals surface area contributed by atoms with Crippen LogP contribution in [0, 0.1) is 6.92 Å². The minimum Gasteiger partial charge on any atom is -0.456 e. The minimum atomic E-state index is 0.861. The second-order valence-electron chi connectivity index (χ2n) is 7.49. The van der Waals surface area contributed by atoms with Gasteiger partial charge in [-0.1, -0.05) is 54.1 Å². The number of allylic oxidation sites excluding steroid dienone is 2. The highest BCUT2D eigenvalue weighted by Gasteiger charge is 2.17. The largest absolute Gasteiger partial charge is 0.456 e. The summed E-state index contributed by atoms with van der Waals surface area (Å²) in [6, 6.07) is 23.7. The zero-order valence-electron chi connectivity index (χ0n) is 15.6. The fourth-order valence-corrected chi connectivity index (χ4v) is 4.42. The van der Waals surface area contributed by atoms with Crippen molar-refractivity contribution in [2.24, 2.45) is 0 Å². The lowest BCUT2D eigenvalue weighted by Crippen LogP contribution is -1.96. The zero-order valence-corrected chi connectivity index (χ0v) is 15.6. The van der Waals surface area contributed by atoms with Gasteiger partial charge in [0.2, 0.25) is 0 Å². The molecule has 0 bridgehead atoms. The molecule has 5 aromatic rings. The standard InChI is InChI=1S/C26H19NO/c1-17-13-14-24-21(15-17)19-8-2-4-10-23(19)27(24)18-7-6-12-26-22(16-18)20-9-3-5-11-25(20)28-26/h2-6,8-16H,7H2,1H3. The Balaban J connectivity index is 1.70. The monoisotopic (exact) mass is 361 g/mol. The van der Waals surface area contributed by atoms with Gasteiger partial charge < -0.3 is 8.98 Å². The molecule has 0 aliphatic heterocycles. The third kappa shape index (κ3) is 2.15. The Bertz CT molecular complexity index is 1440. The molecule has 0 spiro atoms. The van der Waals surface area contributed by atoms with Crippen molar-refractivity contribution in [3.8, 4) is 0 Å². The van der Waals surface area contributed by atoms with E-state index in [1.807, 2.05) is 12.1 Å². The number of benzene rings is 3. The molecule has 1 aliphatic rings. The average Bonchev–Trinajstić information content (AvgIpc) is 3.15. The Morgan fingerprint density at radius 2 is 1.61 bits per heavy atom. The molecular formula is C26H19NO. The number of para-hydroxylation sites is 2. The van der Waals surface area contributed by atoms with Crippen molar-refractivity contribution in [2.75, 3.05) is 0 Å². The number of furan rings is 1. The molecule has 0 unspecified atom stereocenters. The van der Waals surface area contributed by atoms with E-state index >= 15 is 0 Å². The van der Waals surface area contributed by atoms with E-state index in [4.69, 9.17) is 4.42 Å². The fraction of sp³-hybridized carbons (Fsp3) is 0.0769. The van der Waals surface area contributed by atoms with Crippen LogP contribution in [0.2, 0.25) is 0 Å². The summed E-state index contributed by atoms with van der Waals surface area (Å²) in [5, 5.41) is 3.77. The van der Waals surface area contributed by atoms with E-state index in [1.54, 1.807) is 0 Å². The van der Waals surface area contributed by atoms with E-state index in [9.17, 15) is 0 Å². The van der Waals surface area contributed by atoms with E-state index in [2.05, 4.69) is 84.3 Å². The molecule has 2 aromatic heterocycles. The van der Waals surface area contributed by atoms with Crippen LogP contribution in [0.1, 0.15) is 23.3 Å². The van der Waals surface area contributed by atoms with Crippen LogP contribution in [0.15, 0.2) is 77.2 Å². The van der Waals surface area contributed by atoms with Crippen molar-refractivity contribution in [3.63, 3.8) is 0 Å². The molecule has 2 nitrogen and oxygen atoms in total. The van der Waals surface area contributed by atoms with Crippen LogP contribution in [0.5, 0.6) is 0 Å². The molecule has 0 N–H and O–H groups in total. The quantitative estimate of drug-likeness (QED) is 0.307. The Morgan fingerprint density at radius 3 is 2.54 bits per heavy atom. The Morgan fingerprint density at radius 1 is 0.821 bits per heavy atom. The Labute approximate surface area is 163 Å². The van der Waals surface area contributed by atoms with Gasteiger partial charge in [0.1, 0.15) is 11.3 Å². The number of rotatable bonds is 1. The van der Waals surface area contributed by atoms with Gasteiger partial charge in [0.25, 0.3) is 0 Å². The highest BCUT2D eigenvalue weighted by molar-refractivity contribution is 6.11. The van der Waals surface area contributed by atoms with E-state index in [1.165, 1.54) is 33.1 Å². The van der Waals surface area contributed by atoms with Crippen molar-refractivity contribution in [3.05, 3.63) is 89.7 Å². The minimum absolute atomic E-state index is 0.861. The first-order valence-electron chi connectivity index (χ1n) is 9.68. The van der Waals surface area contributed by atoms with E-state index in [-0.39, 0.29) is 0 Å². The normalized spacial score (nSPS) is 13.8. The van der Waals surface area contributed by atoms with Gasteiger partial charge in [-0.25, -0.2) is 0 Å². The van der Waals surface area contributed by atoms with Gasteiger partial charge in [-0.3, -0.25) is 0 Å². The van der Waals surface area contributed by atoms with Gasteiger partial charge in [0, 0.05) is 33.8 Å². The lowest BCUT2D eigenvalue weighted by atomic mass is 10.1. The molecule has 6 rings (SSSR count). The number of hydrogen-bond donors (Lipinski definition) is 0. The van der Waals surface area contributed by atoms with Crippen molar-refractivity contribution in [2.45, 2.75) is 13.3 Å². The van der Waals surface area contributed by atoms with Crippen LogP contribution < -0.4 is 0 Å². The summed E-state index contributed by atoms with van der Waals surface area (Å²) < 4.78 is 8.49. The van der Waals surface area contributed by atoms with Crippen molar-refractivity contribution in [1.82, 2.24) is 4.57 Å². The molecule has 0 amide bonds. The number of hydrogen-bond acceptors (Lipinski definition) is 1. The summed E-state index contributed by atoms with van der Waals surface area (Å²) in [6.45, 7) is 2.16. The maximum atomic E-state index is 6.09. The van der Waals surface area contributed by atoms with Gasteiger partial charge in [0.15, 0.2) is 0 Å². The van der Waals surface area contributed by atoms with Crippen LogP contribution in [-0.2, 0) is 0 Å². The smallest absolute Gasteiger partial charge is 0.135 e. The summed E-state index contributed by atoms with van der Waals surface area (Å²) >= 11 is 0. The second-order valence-corrected chi connectivity index (χ2v) is 7.49. The van der Waals surface area contributed by atoms with Crippen LogP contribution >= 0.6 is 0 Å². The average molecular weight is 361 g/mol. The molecule has 2 heteroatoms. The first-order chi connectivity index (χ1) is 13.8. The maximum absolute atomic E-state index is 6.09. The summed E-state index contributed by atoms with van der Waals surface area (Å²) in [7, 11) is 0. The number of aryl methyl sites for hydroxylation is 1. The highest BCUT2D eigenvalue weighted by Crippen LogP contribution is 2.37. The SMILES string of the molecule is Cc1ccc2c(c1)c1ccccc1n2C1=Cc2c(oc3ccccc23)C=CC1. The molecule has 0 saturated heterocycles. The van der Waals surface area contributed by atoms with Crippen LogP contribution in [0.3, 0.4) is 0 Å². The van der Waals surface area contributed by atoms with Crippen molar-refractivity contribution >= 4 is 50.6 Å². The molecule has 0 radical (unpaired) electrons. The molecule has 2 heterocycles. The van der Waals surface area contributed by atoms with E-state index in [0.717, 1.165) is 28.7 Å². The van der Waals surface area contributed by atoms with Gasteiger partial charge in [-0.05, 0) is 43.3 Å². The number of aromatic nitrogens is 1. The summed E-state index contributed by atoms with van der Waals surface area (Å²) in [5.74, 6) is 0.938. The highest BCUT2D eigenvalue weighted by atomic mass is 16.3. The van der Waals surface area contributed by atoms with Crippen LogP contribution in [0.4, 0.5) is 0 Å². The molecule has 28 heavy (non-hydrogen) atoms. The predicted octanol–water partition coefficient (Wildman–Crippen LogP) is 7.26. The van der Waals surface area contributed by atoms with Crippen molar-refractivity contribution < 1.29 is 4.42 Å². The Kier molecular flexibility index (Phi) is 3.18. The molecule has 0 saturated carbocycles. The molecular weight excluding hydrogens is 342 g/mol. The molecule has 1 aliphatic carbocycles. The lowest BCUT2D eigenvalue weighted by molar-refractivity contribution is 0.603. The van der Waals surface area contributed by atoms with Crippen molar-refractivity contribution in [1.29, 1.82) is 0 Å². The molecule has 134 valence electrons. The van der Waals surface area contributed by atoms with Gasteiger partial charge in [-0.2, -0.15) is 0 Å². The summed E-state index contributed by atoms with van der Waals surface area (Å²) in [4.78, 5) is 0. The van der Waals surface area contributed by atoms with Crippen LogP contribution in [0.25, 0.3) is 50.6 Å². The Hall–Kier alpha value is -3.52. The second kappa shape index (κ2) is 5.74. The molecule has 3 aromatic carbocycles. The maximum Gasteiger partial charge on any atom is 0.135 e. The third-order valence-electron chi connectivity index (χ3n) is 5.69. The topological polar surface area (TPSA) is 18.1 Å². The summed E-state index contributed by atoms with van der Waals surface area (Å²) in [5.41, 5.74) is 7.15. The molecule has 0 atom stereocenters. The fourth-order valence-electron chi connectivity index (χ4n) is 4.42. The zero-order chi connectivity index (χ0) is 18.7. The lowest BCUT2D eigenvalue weighted by Gasteiger charge is -2.11. The number of fused-ring (bicyclic) bond motifs is 6. The third-order valence-corrected chi connectivity index (χ3v) is 5.69. The summed E-state index contributed by atoms with van der Waals surface area (Å²) in [6.07, 6.45) is 7.47. The van der Waals surface area contributed by atoms with Gasteiger partial charge in [0.05, 0.1) is 11.0 Å². The van der Waals surface area contributed by atoms with E-state index < -0.39 is 0 Å². The first-order valence-corrected chi connectivity index (χ1v) is 9.68. The predicted molar refractivity (Wildman–Crippen MR) is 118 cm³/mol.